The zero-order valence-corrected chi connectivity index (χ0v) is 11.3. The molecule has 0 amide bonds. The maximum absolute atomic E-state index is 12.2. The molecule has 0 bridgehead atoms. The second-order valence-corrected chi connectivity index (χ2v) is 5.42. The van der Waals surface area contributed by atoms with E-state index in [4.69, 9.17) is 11.6 Å². The fourth-order valence-electron chi connectivity index (χ4n) is 2.30. The first kappa shape index (κ1) is 13.7. The van der Waals surface area contributed by atoms with Gasteiger partial charge in [-0.15, -0.1) is 0 Å². The van der Waals surface area contributed by atoms with Crippen molar-refractivity contribution >= 4 is 22.6 Å². The minimum Gasteiger partial charge on any atom is -0.324 e. The Morgan fingerprint density at radius 1 is 1.35 bits per heavy atom. The summed E-state index contributed by atoms with van der Waals surface area (Å²) in [7, 11) is 0. The molecule has 1 heterocycles. The highest BCUT2D eigenvalue weighted by Gasteiger charge is 2.29. The van der Waals surface area contributed by atoms with Crippen molar-refractivity contribution < 1.29 is 13.2 Å². The van der Waals surface area contributed by atoms with E-state index < -0.39 is 12.7 Å². The normalized spacial score (nSPS) is 16.0. The van der Waals surface area contributed by atoms with Crippen LogP contribution in [0, 0.1) is 0 Å². The van der Waals surface area contributed by atoms with Crippen molar-refractivity contribution in [2.45, 2.75) is 31.6 Å². The Balaban J connectivity index is 1.88. The smallest absolute Gasteiger partial charge is 0.324 e. The third kappa shape index (κ3) is 2.91. The van der Waals surface area contributed by atoms with E-state index in [1.54, 1.807) is 12.1 Å². The van der Waals surface area contributed by atoms with Gasteiger partial charge in [0.25, 0.3) is 0 Å². The van der Waals surface area contributed by atoms with Gasteiger partial charge in [0.15, 0.2) is 0 Å². The molecule has 1 aromatic carbocycles. The van der Waals surface area contributed by atoms with Crippen LogP contribution in [0.2, 0.25) is 5.02 Å². The number of imidazole rings is 1. The summed E-state index contributed by atoms with van der Waals surface area (Å²) in [6.07, 6.45) is -2.14. The highest BCUT2D eigenvalue weighted by Crippen LogP contribution is 2.39. The minimum absolute atomic E-state index is 0.0995. The van der Waals surface area contributed by atoms with E-state index in [0.29, 0.717) is 16.9 Å². The number of aromatic nitrogens is 2. The van der Waals surface area contributed by atoms with Crippen LogP contribution in [0.15, 0.2) is 18.2 Å². The summed E-state index contributed by atoms with van der Waals surface area (Å²) in [5.74, 6) is 0.633. The Morgan fingerprint density at radius 2 is 2.10 bits per heavy atom. The Morgan fingerprint density at radius 3 is 2.75 bits per heavy atom. The molecule has 20 heavy (non-hydrogen) atoms. The topological polar surface area (TPSA) is 29.9 Å². The Hall–Kier alpha value is -1.27. The van der Waals surface area contributed by atoms with Gasteiger partial charge in [-0.25, -0.2) is 4.98 Å². The van der Waals surface area contributed by atoms with Crippen LogP contribution < -0.4 is 5.32 Å². The maximum Gasteiger partial charge on any atom is 0.401 e. The monoisotopic (exact) mass is 303 g/mol. The molecular weight excluding hydrogens is 291 g/mol. The average molecular weight is 304 g/mol. The molecule has 2 aromatic rings. The quantitative estimate of drug-likeness (QED) is 0.934. The summed E-state index contributed by atoms with van der Waals surface area (Å²) >= 11 is 5.98. The third-order valence-electron chi connectivity index (χ3n) is 3.25. The molecule has 1 aliphatic carbocycles. The first-order chi connectivity index (χ1) is 9.44. The number of hydrogen-bond acceptors (Lipinski definition) is 2. The molecule has 1 aliphatic rings. The number of halogens is 4. The number of nitrogens with zero attached hydrogens (tertiary/aromatic N) is 2. The van der Waals surface area contributed by atoms with Crippen molar-refractivity contribution in [1.29, 1.82) is 0 Å². The van der Waals surface area contributed by atoms with Gasteiger partial charge in [-0.05, 0) is 31.0 Å². The van der Waals surface area contributed by atoms with E-state index in [9.17, 15) is 13.2 Å². The van der Waals surface area contributed by atoms with Gasteiger partial charge >= 0.3 is 6.18 Å². The summed E-state index contributed by atoms with van der Waals surface area (Å²) in [4.78, 5) is 4.41. The molecule has 0 radical (unpaired) electrons. The number of benzene rings is 1. The standard InChI is InChI=1S/C13H13ClF3N3/c14-8-1-4-10-11(5-8)20(9-2-3-9)12(19-10)6-18-7-13(15,16)17/h1,4-5,9,18H,2-3,6-7H2. The van der Waals surface area contributed by atoms with Crippen LogP contribution in [-0.2, 0) is 6.54 Å². The predicted molar refractivity (Wildman–Crippen MR) is 70.8 cm³/mol. The van der Waals surface area contributed by atoms with Gasteiger partial charge in [-0.3, -0.25) is 0 Å². The molecule has 1 saturated carbocycles. The molecule has 1 fully saturated rings. The minimum atomic E-state index is -4.21. The average Bonchev–Trinajstić information content (AvgIpc) is 3.10. The van der Waals surface area contributed by atoms with Gasteiger partial charge in [0.1, 0.15) is 5.82 Å². The molecule has 1 N–H and O–H groups in total. The lowest BCUT2D eigenvalue weighted by molar-refractivity contribution is -0.125. The van der Waals surface area contributed by atoms with Crippen molar-refractivity contribution in [3.8, 4) is 0 Å². The van der Waals surface area contributed by atoms with Gasteiger partial charge in [0, 0.05) is 11.1 Å². The van der Waals surface area contributed by atoms with Gasteiger partial charge < -0.3 is 9.88 Å². The number of alkyl halides is 3. The van der Waals surface area contributed by atoms with Gasteiger partial charge in [0.2, 0.25) is 0 Å². The highest BCUT2D eigenvalue weighted by molar-refractivity contribution is 6.31. The first-order valence-corrected chi connectivity index (χ1v) is 6.76. The fourth-order valence-corrected chi connectivity index (χ4v) is 2.46. The van der Waals surface area contributed by atoms with Crippen molar-refractivity contribution in [2.75, 3.05) is 6.54 Å². The van der Waals surface area contributed by atoms with E-state index in [-0.39, 0.29) is 6.54 Å². The molecule has 0 aliphatic heterocycles. The summed E-state index contributed by atoms with van der Waals surface area (Å²) in [5, 5.41) is 3.00. The Labute approximate surface area is 118 Å². The van der Waals surface area contributed by atoms with E-state index in [0.717, 1.165) is 23.9 Å². The lowest BCUT2D eigenvalue weighted by Gasteiger charge is -2.10. The molecule has 0 atom stereocenters. The van der Waals surface area contributed by atoms with Crippen LogP contribution in [-0.4, -0.2) is 22.3 Å². The fraction of sp³-hybridized carbons (Fsp3) is 0.462. The van der Waals surface area contributed by atoms with Gasteiger partial charge in [-0.2, -0.15) is 13.2 Å². The Kier molecular flexibility index (Phi) is 3.38. The first-order valence-electron chi connectivity index (χ1n) is 6.38. The van der Waals surface area contributed by atoms with Crippen molar-refractivity contribution in [3.63, 3.8) is 0 Å². The van der Waals surface area contributed by atoms with Gasteiger partial charge in [0.05, 0.1) is 24.1 Å². The van der Waals surface area contributed by atoms with E-state index in [1.807, 2.05) is 10.6 Å². The zero-order chi connectivity index (χ0) is 14.3. The van der Waals surface area contributed by atoms with Crippen LogP contribution in [0.4, 0.5) is 13.2 Å². The summed E-state index contributed by atoms with van der Waals surface area (Å²) in [5.41, 5.74) is 1.66. The van der Waals surface area contributed by atoms with E-state index in [2.05, 4.69) is 10.3 Å². The van der Waals surface area contributed by atoms with Crippen LogP contribution in [0.5, 0.6) is 0 Å². The molecule has 7 heteroatoms. The second kappa shape index (κ2) is 4.93. The largest absolute Gasteiger partial charge is 0.401 e. The SMILES string of the molecule is FC(F)(F)CNCc1nc2ccc(Cl)cc2n1C1CC1. The van der Waals surface area contributed by atoms with Gasteiger partial charge in [-0.1, -0.05) is 11.6 Å². The lowest BCUT2D eigenvalue weighted by atomic mass is 10.3. The number of nitrogens with one attached hydrogen (secondary N) is 1. The third-order valence-corrected chi connectivity index (χ3v) is 3.48. The Bertz CT molecular complexity index is 632. The van der Waals surface area contributed by atoms with Crippen LogP contribution in [0.25, 0.3) is 11.0 Å². The highest BCUT2D eigenvalue weighted by atomic mass is 35.5. The van der Waals surface area contributed by atoms with Crippen LogP contribution in [0.3, 0.4) is 0 Å². The number of fused-ring (bicyclic) bond motifs is 1. The summed E-state index contributed by atoms with van der Waals surface area (Å²) in [6.45, 7) is -0.913. The molecule has 1 aromatic heterocycles. The molecule has 0 unspecified atom stereocenters. The molecule has 3 rings (SSSR count). The van der Waals surface area contributed by atoms with Crippen LogP contribution in [0.1, 0.15) is 24.7 Å². The summed E-state index contributed by atoms with van der Waals surface area (Å²) in [6, 6.07) is 5.68. The molecule has 0 spiro atoms. The molecule has 0 saturated heterocycles. The van der Waals surface area contributed by atoms with Crippen LogP contribution >= 0.6 is 11.6 Å². The van der Waals surface area contributed by atoms with E-state index in [1.165, 1.54) is 0 Å². The molecule has 108 valence electrons. The van der Waals surface area contributed by atoms with Crippen molar-refractivity contribution in [1.82, 2.24) is 14.9 Å². The predicted octanol–water partition coefficient (Wildman–Crippen LogP) is 3.68. The van der Waals surface area contributed by atoms with E-state index >= 15 is 0 Å². The second-order valence-electron chi connectivity index (χ2n) is 4.98. The number of hydrogen-bond donors (Lipinski definition) is 1. The zero-order valence-electron chi connectivity index (χ0n) is 10.5. The molecule has 3 nitrogen and oxygen atoms in total. The lowest BCUT2D eigenvalue weighted by Crippen LogP contribution is -2.29. The van der Waals surface area contributed by atoms with Crippen molar-refractivity contribution in [3.05, 3.63) is 29.0 Å². The number of rotatable bonds is 4. The maximum atomic E-state index is 12.2. The molecular formula is C13H13ClF3N3. The summed E-state index contributed by atoms with van der Waals surface area (Å²) < 4.78 is 38.5. The van der Waals surface area contributed by atoms with Crippen molar-refractivity contribution in [2.24, 2.45) is 0 Å².